The molecule has 2 unspecified atom stereocenters. The number of likely N-dealkylation sites (tertiary alicyclic amines) is 1. The molecule has 0 aromatic heterocycles. The topological polar surface area (TPSA) is 40.6 Å². The quantitative estimate of drug-likeness (QED) is 0.652. The summed E-state index contributed by atoms with van der Waals surface area (Å²) in [6.07, 6.45) is 12.9. The van der Waals surface area contributed by atoms with Crippen molar-refractivity contribution in [2.45, 2.75) is 97.1 Å². The van der Waals surface area contributed by atoms with Gasteiger partial charge in [-0.25, -0.2) is 0 Å². The van der Waals surface area contributed by atoms with E-state index in [-0.39, 0.29) is 23.4 Å². The van der Waals surface area contributed by atoms with E-state index in [1.807, 2.05) is 11.9 Å². The highest BCUT2D eigenvalue weighted by Gasteiger charge is 2.62. The highest BCUT2D eigenvalue weighted by atomic mass is 16.2. The van der Waals surface area contributed by atoms with Gasteiger partial charge in [-0.3, -0.25) is 9.59 Å². The van der Waals surface area contributed by atoms with Gasteiger partial charge in [0.15, 0.2) is 0 Å². The van der Waals surface area contributed by atoms with Crippen LogP contribution in [-0.4, -0.2) is 47.8 Å². The van der Waals surface area contributed by atoms with Crippen molar-refractivity contribution in [2.75, 3.05) is 13.6 Å². The molecule has 0 bridgehead atoms. The van der Waals surface area contributed by atoms with Gasteiger partial charge in [-0.05, 0) is 68.1 Å². The average Bonchev–Trinajstić information content (AvgIpc) is 3.08. The molecule has 1 heterocycles. The molecule has 4 rings (SSSR count). The van der Waals surface area contributed by atoms with Crippen LogP contribution in [0.2, 0.25) is 0 Å². The zero-order chi connectivity index (χ0) is 20.1. The first kappa shape index (κ1) is 20.2. The van der Waals surface area contributed by atoms with Crippen molar-refractivity contribution in [1.29, 1.82) is 0 Å². The molecule has 3 saturated carbocycles. The van der Waals surface area contributed by atoms with Crippen LogP contribution in [0.3, 0.4) is 0 Å². The summed E-state index contributed by atoms with van der Waals surface area (Å²) in [7, 11) is 2.02. The van der Waals surface area contributed by atoms with Crippen LogP contribution < -0.4 is 0 Å². The van der Waals surface area contributed by atoms with Gasteiger partial charge in [0.05, 0.1) is 0 Å². The van der Waals surface area contributed by atoms with E-state index in [9.17, 15) is 9.59 Å². The van der Waals surface area contributed by atoms with Crippen molar-refractivity contribution >= 4 is 12.3 Å². The summed E-state index contributed by atoms with van der Waals surface area (Å²) in [5.74, 6) is 2.52. The van der Waals surface area contributed by atoms with Crippen LogP contribution in [0.15, 0.2) is 0 Å². The maximum Gasteiger partial charge on any atom is 0.224 e. The second-order valence-electron chi connectivity index (χ2n) is 10.8. The zero-order valence-electron chi connectivity index (χ0n) is 18.5. The summed E-state index contributed by atoms with van der Waals surface area (Å²) in [6, 6.07) is 0.360. The minimum atomic E-state index is 0.0319. The molecule has 1 saturated heterocycles. The van der Waals surface area contributed by atoms with E-state index in [1.165, 1.54) is 38.5 Å². The number of piperidine rings is 1. The lowest BCUT2D eigenvalue weighted by atomic mass is 9.46. The Morgan fingerprint density at radius 3 is 2.64 bits per heavy atom. The maximum absolute atomic E-state index is 12.9. The van der Waals surface area contributed by atoms with Gasteiger partial charge < -0.3 is 9.80 Å². The van der Waals surface area contributed by atoms with Crippen molar-refractivity contribution in [3.8, 4) is 0 Å². The van der Waals surface area contributed by atoms with Crippen LogP contribution in [0.25, 0.3) is 0 Å². The molecule has 0 aromatic rings. The second kappa shape index (κ2) is 7.32. The summed E-state index contributed by atoms with van der Waals surface area (Å²) in [6.45, 7) is 7.96. The van der Waals surface area contributed by atoms with Gasteiger partial charge in [-0.15, -0.1) is 0 Å². The van der Waals surface area contributed by atoms with E-state index in [4.69, 9.17) is 0 Å². The fraction of sp³-hybridized carbons (Fsp3) is 0.917. The molecule has 4 aliphatic rings. The molecule has 158 valence electrons. The highest BCUT2D eigenvalue weighted by molar-refractivity contribution is 5.79. The van der Waals surface area contributed by atoms with E-state index in [0.29, 0.717) is 17.8 Å². The standard InChI is InChI=1S/C24H40N2O2/c1-5-6-14-26(16-27)21-15-22(28)25(4)20-10-9-17-18-8-7-12-23(18,2)13-11-19(17)24(20,21)3/h16-21H,5-15H2,1-4H3/t17-,18-,19+,20?,21?,23-,24+/m0/s1. The summed E-state index contributed by atoms with van der Waals surface area (Å²) >= 11 is 0. The molecule has 0 spiro atoms. The molecular weight excluding hydrogens is 348 g/mol. The van der Waals surface area contributed by atoms with Crippen molar-refractivity contribution in [3.05, 3.63) is 0 Å². The number of fused-ring (bicyclic) bond motifs is 5. The zero-order valence-corrected chi connectivity index (χ0v) is 18.5. The minimum Gasteiger partial charge on any atom is -0.342 e. The fourth-order valence-electron chi connectivity index (χ4n) is 8.24. The summed E-state index contributed by atoms with van der Waals surface area (Å²) in [5.41, 5.74) is 0.576. The molecule has 28 heavy (non-hydrogen) atoms. The van der Waals surface area contributed by atoms with E-state index in [0.717, 1.165) is 44.1 Å². The van der Waals surface area contributed by atoms with Crippen LogP contribution in [0.1, 0.15) is 85.0 Å². The third-order valence-corrected chi connectivity index (χ3v) is 9.76. The van der Waals surface area contributed by atoms with Crippen molar-refractivity contribution < 1.29 is 9.59 Å². The Hall–Kier alpha value is -1.06. The van der Waals surface area contributed by atoms with Crippen LogP contribution in [0.5, 0.6) is 0 Å². The lowest BCUT2D eigenvalue weighted by Crippen LogP contribution is -2.69. The van der Waals surface area contributed by atoms with Gasteiger partial charge in [-0.1, -0.05) is 33.6 Å². The van der Waals surface area contributed by atoms with Gasteiger partial charge in [0.2, 0.25) is 12.3 Å². The van der Waals surface area contributed by atoms with Gasteiger partial charge in [-0.2, -0.15) is 0 Å². The third-order valence-electron chi connectivity index (χ3n) is 9.76. The number of rotatable bonds is 5. The third kappa shape index (κ3) is 2.84. The molecule has 3 aliphatic carbocycles. The molecule has 4 nitrogen and oxygen atoms in total. The summed E-state index contributed by atoms with van der Waals surface area (Å²) in [4.78, 5) is 29.1. The van der Waals surface area contributed by atoms with Crippen LogP contribution >= 0.6 is 0 Å². The first-order chi connectivity index (χ1) is 13.4. The second-order valence-corrected chi connectivity index (χ2v) is 10.8. The SMILES string of the molecule is CCCCN(C=O)C1CC(=O)N(C)C2CC[C@@H]3[C@@H](CC[C@]4(C)CCC[C@@H]34)[C@@]12C. The smallest absolute Gasteiger partial charge is 0.224 e. The van der Waals surface area contributed by atoms with Gasteiger partial charge in [0.1, 0.15) is 0 Å². The normalized spacial score (nSPS) is 45.2. The molecule has 7 atom stereocenters. The molecule has 0 N–H and O–H groups in total. The molecule has 0 radical (unpaired) electrons. The number of nitrogens with zero attached hydrogens (tertiary/aromatic N) is 2. The fourth-order valence-corrected chi connectivity index (χ4v) is 8.24. The Kier molecular flexibility index (Phi) is 5.29. The van der Waals surface area contributed by atoms with E-state index in [2.05, 4.69) is 25.7 Å². The number of hydrogen-bond donors (Lipinski definition) is 0. The van der Waals surface area contributed by atoms with Crippen LogP contribution in [0.4, 0.5) is 0 Å². The number of carbonyl (C=O) groups excluding carboxylic acids is 2. The van der Waals surface area contributed by atoms with Crippen molar-refractivity contribution in [1.82, 2.24) is 9.80 Å². The lowest BCUT2D eigenvalue weighted by molar-refractivity contribution is -0.175. The highest BCUT2D eigenvalue weighted by Crippen LogP contribution is 2.65. The number of carbonyl (C=O) groups is 2. The Morgan fingerprint density at radius 1 is 1.14 bits per heavy atom. The largest absolute Gasteiger partial charge is 0.342 e. The first-order valence-corrected chi connectivity index (χ1v) is 11.8. The van der Waals surface area contributed by atoms with Gasteiger partial charge in [0.25, 0.3) is 0 Å². The average molecular weight is 389 g/mol. The van der Waals surface area contributed by atoms with E-state index < -0.39 is 0 Å². The van der Waals surface area contributed by atoms with Crippen LogP contribution in [-0.2, 0) is 9.59 Å². The van der Waals surface area contributed by atoms with Gasteiger partial charge in [0, 0.05) is 37.5 Å². The molecule has 1 aliphatic heterocycles. The molecular formula is C24H40N2O2. The minimum absolute atomic E-state index is 0.0319. The molecule has 0 aromatic carbocycles. The van der Waals surface area contributed by atoms with Crippen molar-refractivity contribution in [2.24, 2.45) is 28.6 Å². The Balaban J connectivity index is 1.70. The predicted molar refractivity (Wildman–Crippen MR) is 112 cm³/mol. The lowest BCUT2D eigenvalue weighted by Gasteiger charge is -2.64. The summed E-state index contributed by atoms with van der Waals surface area (Å²) < 4.78 is 0. The number of amides is 2. The Labute approximate surface area is 171 Å². The number of hydrogen-bond acceptors (Lipinski definition) is 2. The first-order valence-electron chi connectivity index (χ1n) is 11.8. The van der Waals surface area contributed by atoms with E-state index in [1.54, 1.807) is 0 Å². The monoisotopic (exact) mass is 388 g/mol. The Morgan fingerprint density at radius 2 is 1.93 bits per heavy atom. The molecule has 4 heteroatoms. The summed E-state index contributed by atoms with van der Waals surface area (Å²) in [5, 5.41) is 0. The van der Waals surface area contributed by atoms with Gasteiger partial charge >= 0.3 is 0 Å². The van der Waals surface area contributed by atoms with Crippen LogP contribution in [0, 0.1) is 28.6 Å². The Bertz CT molecular complexity index is 622. The maximum atomic E-state index is 12.9. The molecule has 4 fully saturated rings. The predicted octanol–water partition coefficient (Wildman–Crippen LogP) is 4.48. The van der Waals surface area contributed by atoms with E-state index >= 15 is 0 Å². The molecule has 2 amide bonds. The van der Waals surface area contributed by atoms with Crippen molar-refractivity contribution in [3.63, 3.8) is 0 Å². The number of unbranched alkanes of at least 4 members (excludes halogenated alkanes) is 1.